The van der Waals surface area contributed by atoms with Crippen molar-refractivity contribution in [3.63, 3.8) is 0 Å². The Labute approximate surface area is 158 Å². The van der Waals surface area contributed by atoms with Crippen LogP contribution in [0.1, 0.15) is 32.1 Å². The van der Waals surface area contributed by atoms with E-state index in [0.717, 1.165) is 24.9 Å². The van der Waals surface area contributed by atoms with Crippen LogP contribution in [0.5, 0.6) is 11.5 Å². The van der Waals surface area contributed by atoms with E-state index in [1.54, 1.807) is 4.90 Å². The predicted molar refractivity (Wildman–Crippen MR) is 96.7 cm³/mol. The molecule has 5 rings (SSSR count). The number of benzene rings is 1. The summed E-state index contributed by atoms with van der Waals surface area (Å²) >= 11 is 0. The molecule has 3 aliphatic heterocycles. The SMILES string of the molecule is O=C1CC(C(=O)N2CCOC3CCCCC32)CN1c1ccc2c(c1)OCO2. The monoisotopic (exact) mass is 372 g/mol. The van der Waals surface area contributed by atoms with E-state index in [-0.39, 0.29) is 43.1 Å². The predicted octanol–water partition coefficient (Wildman–Crippen LogP) is 1.94. The van der Waals surface area contributed by atoms with Crippen LogP contribution in [-0.4, -0.2) is 55.3 Å². The Kier molecular flexibility index (Phi) is 4.19. The Morgan fingerprint density at radius 1 is 1.11 bits per heavy atom. The van der Waals surface area contributed by atoms with Crippen LogP contribution < -0.4 is 14.4 Å². The minimum Gasteiger partial charge on any atom is -0.454 e. The highest BCUT2D eigenvalue weighted by Crippen LogP contribution is 2.38. The molecule has 0 spiro atoms. The van der Waals surface area contributed by atoms with E-state index in [1.807, 2.05) is 23.1 Å². The summed E-state index contributed by atoms with van der Waals surface area (Å²) in [6.07, 6.45) is 4.77. The maximum absolute atomic E-state index is 13.2. The van der Waals surface area contributed by atoms with Crippen molar-refractivity contribution in [2.75, 3.05) is 31.4 Å². The number of hydrogen-bond donors (Lipinski definition) is 0. The lowest BCUT2D eigenvalue weighted by Crippen LogP contribution is -2.56. The van der Waals surface area contributed by atoms with Gasteiger partial charge in [0.15, 0.2) is 11.5 Å². The molecule has 1 aromatic carbocycles. The summed E-state index contributed by atoms with van der Waals surface area (Å²) in [6.45, 7) is 1.85. The Morgan fingerprint density at radius 2 is 1.96 bits per heavy atom. The van der Waals surface area contributed by atoms with Gasteiger partial charge in [-0.25, -0.2) is 0 Å². The fourth-order valence-corrected chi connectivity index (χ4v) is 4.78. The van der Waals surface area contributed by atoms with Gasteiger partial charge in [0.2, 0.25) is 18.6 Å². The lowest BCUT2D eigenvalue weighted by molar-refractivity contribution is -0.153. The molecule has 0 radical (unpaired) electrons. The lowest BCUT2D eigenvalue weighted by Gasteiger charge is -2.44. The molecular weight excluding hydrogens is 348 g/mol. The molecule has 3 atom stereocenters. The zero-order chi connectivity index (χ0) is 18.4. The second-order valence-electron chi connectivity index (χ2n) is 7.74. The molecule has 144 valence electrons. The molecular formula is C20H24N2O5. The molecule has 1 aliphatic carbocycles. The van der Waals surface area contributed by atoms with Crippen LogP contribution in [0.4, 0.5) is 5.69 Å². The topological polar surface area (TPSA) is 68.3 Å². The van der Waals surface area contributed by atoms with Crippen molar-refractivity contribution >= 4 is 17.5 Å². The minimum absolute atomic E-state index is 0.0133. The fourth-order valence-electron chi connectivity index (χ4n) is 4.78. The van der Waals surface area contributed by atoms with Crippen LogP contribution in [0.15, 0.2) is 18.2 Å². The molecule has 27 heavy (non-hydrogen) atoms. The van der Waals surface area contributed by atoms with E-state index in [2.05, 4.69) is 0 Å². The first kappa shape index (κ1) is 16.9. The van der Waals surface area contributed by atoms with Crippen molar-refractivity contribution in [1.82, 2.24) is 4.90 Å². The molecule has 4 aliphatic rings. The highest BCUT2D eigenvalue weighted by molar-refractivity contribution is 6.00. The number of rotatable bonds is 2. The van der Waals surface area contributed by atoms with Gasteiger partial charge in [-0.1, -0.05) is 12.8 Å². The van der Waals surface area contributed by atoms with Crippen molar-refractivity contribution < 1.29 is 23.8 Å². The van der Waals surface area contributed by atoms with Crippen molar-refractivity contribution in [1.29, 1.82) is 0 Å². The molecule has 7 nitrogen and oxygen atoms in total. The number of amides is 2. The van der Waals surface area contributed by atoms with Gasteiger partial charge in [-0.05, 0) is 25.0 Å². The molecule has 3 unspecified atom stereocenters. The first-order chi connectivity index (χ1) is 13.2. The maximum Gasteiger partial charge on any atom is 0.231 e. The molecule has 2 amide bonds. The number of carbonyl (C=O) groups is 2. The number of hydrogen-bond acceptors (Lipinski definition) is 5. The van der Waals surface area contributed by atoms with Gasteiger partial charge in [-0.15, -0.1) is 0 Å². The first-order valence-corrected chi connectivity index (χ1v) is 9.83. The Bertz CT molecular complexity index is 765. The molecule has 7 heteroatoms. The Morgan fingerprint density at radius 3 is 2.89 bits per heavy atom. The van der Waals surface area contributed by atoms with E-state index in [4.69, 9.17) is 14.2 Å². The zero-order valence-electron chi connectivity index (χ0n) is 15.3. The van der Waals surface area contributed by atoms with Crippen molar-refractivity contribution in [2.24, 2.45) is 5.92 Å². The minimum atomic E-state index is -0.288. The summed E-state index contributed by atoms with van der Waals surface area (Å²) in [5, 5.41) is 0. The number of morpholine rings is 1. The van der Waals surface area contributed by atoms with Crippen LogP contribution in [0.2, 0.25) is 0 Å². The van der Waals surface area contributed by atoms with Gasteiger partial charge in [-0.2, -0.15) is 0 Å². The lowest BCUT2D eigenvalue weighted by atomic mass is 9.89. The van der Waals surface area contributed by atoms with Gasteiger partial charge in [0.05, 0.1) is 24.7 Å². The smallest absolute Gasteiger partial charge is 0.231 e. The molecule has 0 aromatic heterocycles. The van der Waals surface area contributed by atoms with Crippen molar-refractivity contribution in [2.45, 2.75) is 44.2 Å². The van der Waals surface area contributed by atoms with E-state index in [1.165, 1.54) is 6.42 Å². The molecule has 2 saturated heterocycles. The van der Waals surface area contributed by atoms with E-state index in [9.17, 15) is 9.59 Å². The first-order valence-electron chi connectivity index (χ1n) is 9.83. The highest BCUT2D eigenvalue weighted by Gasteiger charge is 2.43. The molecule has 3 fully saturated rings. The zero-order valence-corrected chi connectivity index (χ0v) is 15.3. The Hall–Kier alpha value is -2.28. The van der Waals surface area contributed by atoms with Gasteiger partial charge >= 0.3 is 0 Å². The maximum atomic E-state index is 13.2. The summed E-state index contributed by atoms with van der Waals surface area (Å²) < 4.78 is 16.6. The van der Waals surface area contributed by atoms with Crippen LogP contribution >= 0.6 is 0 Å². The average molecular weight is 372 g/mol. The number of nitrogens with zero attached hydrogens (tertiary/aromatic N) is 2. The summed E-state index contributed by atoms with van der Waals surface area (Å²) in [5.74, 6) is 1.14. The normalized spacial score (nSPS) is 29.8. The largest absolute Gasteiger partial charge is 0.454 e. The third kappa shape index (κ3) is 2.94. The van der Waals surface area contributed by atoms with Crippen LogP contribution in [0.3, 0.4) is 0 Å². The summed E-state index contributed by atoms with van der Waals surface area (Å²) in [6, 6.07) is 5.66. The van der Waals surface area contributed by atoms with Crippen LogP contribution in [-0.2, 0) is 14.3 Å². The number of ether oxygens (including phenoxy) is 3. The number of carbonyl (C=O) groups excluding carboxylic acids is 2. The summed E-state index contributed by atoms with van der Waals surface area (Å²) in [5.41, 5.74) is 0.761. The number of anilines is 1. The third-order valence-corrected chi connectivity index (χ3v) is 6.16. The second kappa shape index (κ2) is 6.71. The van der Waals surface area contributed by atoms with Gasteiger partial charge < -0.3 is 24.0 Å². The molecule has 0 bridgehead atoms. The molecule has 1 aromatic rings. The van der Waals surface area contributed by atoms with E-state index < -0.39 is 0 Å². The molecule has 0 N–H and O–H groups in total. The third-order valence-electron chi connectivity index (χ3n) is 6.16. The van der Waals surface area contributed by atoms with E-state index in [0.29, 0.717) is 31.2 Å². The van der Waals surface area contributed by atoms with Gasteiger partial charge in [0.1, 0.15) is 0 Å². The highest BCUT2D eigenvalue weighted by atomic mass is 16.7. The average Bonchev–Trinajstić information content (AvgIpc) is 3.32. The fraction of sp³-hybridized carbons (Fsp3) is 0.600. The van der Waals surface area contributed by atoms with Gasteiger partial charge in [0, 0.05) is 31.3 Å². The summed E-state index contributed by atoms with van der Waals surface area (Å²) in [7, 11) is 0. The molecule has 1 saturated carbocycles. The Balaban J connectivity index is 1.32. The van der Waals surface area contributed by atoms with Crippen molar-refractivity contribution in [3.05, 3.63) is 18.2 Å². The van der Waals surface area contributed by atoms with Gasteiger partial charge in [0.25, 0.3) is 0 Å². The second-order valence-corrected chi connectivity index (χ2v) is 7.74. The molecule has 3 heterocycles. The number of fused-ring (bicyclic) bond motifs is 2. The standard InChI is InChI=1S/C20H24N2O5/c23-19-9-13(11-22(19)14-5-6-17-18(10-14)27-12-26-17)20(24)21-7-8-25-16-4-2-1-3-15(16)21/h5-6,10,13,15-16H,1-4,7-9,11-12H2. The van der Waals surface area contributed by atoms with Gasteiger partial charge in [-0.3, -0.25) is 9.59 Å². The van der Waals surface area contributed by atoms with Crippen LogP contribution in [0, 0.1) is 5.92 Å². The quantitative estimate of drug-likeness (QED) is 0.794. The summed E-state index contributed by atoms with van der Waals surface area (Å²) in [4.78, 5) is 29.5. The van der Waals surface area contributed by atoms with Crippen molar-refractivity contribution in [3.8, 4) is 11.5 Å². The van der Waals surface area contributed by atoms with E-state index >= 15 is 0 Å². The van der Waals surface area contributed by atoms with Crippen LogP contribution in [0.25, 0.3) is 0 Å².